The maximum absolute atomic E-state index is 14.7. The molecular weight excluding hydrogens is 499 g/mol. The van der Waals surface area contributed by atoms with Crippen LogP contribution in [0.4, 0.5) is 13.2 Å². The molecule has 0 bridgehead atoms. The Morgan fingerprint density at radius 3 is 2.05 bits per heavy atom. The van der Waals surface area contributed by atoms with Crippen LogP contribution in [0.5, 0.6) is 0 Å². The number of hydrogen-bond donors (Lipinski definition) is 2. The van der Waals surface area contributed by atoms with Gasteiger partial charge in [-0.15, -0.1) is 0 Å². The van der Waals surface area contributed by atoms with Crippen molar-refractivity contribution in [3.63, 3.8) is 0 Å². The molecule has 7 nitrogen and oxygen atoms in total. The topological polar surface area (TPSA) is 90.0 Å². The van der Waals surface area contributed by atoms with Crippen LogP contribution in [0.3, 0.4) is 0 Å². The van der Waals surface area contributed by atoms with E-state index in [2.05, 4.69) is 0 Å². The molecule has 0 radical (unpaired) electrons. The zero-order valence-corrected chi connectivity index (χ0v) is 21.7. The summed E-state index contributed by atoms with van der Waals surface area (Å²) in [7, 11) is 0. The first kappa shape index (κ1) is 28.9. The molecule has 2 aromatic rings. The summed E-state index contributed by atoms with van der Waals surface area (Å²) in [5, 5.41) is 13.0. The highest BCUT2D eigenvalue weighted by Crippen LogP contribution is 2.41. The first-order chi connectivity index (χ1) is 17.8. The molecule has 2 N–H and O–H groups in total. The van der Waals surface area contributed by atoms with Crippen molar-refractivity contribution in [3.05, 3.63) is 78.0 Å². The van der Waals surface area contributed by atoms with Crippen LogP contribution >= 0.6 is 0 Å². The number of carbonyl (C=O) groups excluding carboxylic acids is 3. The zero-order chi connectivity index (χ0) is 28.3. The molecule has 204 valence electrons. The highest BCUT2D eigenvalue weighted by atomic mass is 19.4. The lowest BCUT2D eigenvalue weighted by Crippen LogP contribution is -2.72. The van der Waals surface area contributed by atoms with Gasteiger partial charge in [0.15, 0.2) is 0 Å². The van der Waals surface area contributed by atoms with Gasteiger partial charge in [-0.05, 0) is 23.5 Å². The van der Waals surface area contributed by atoms with Crippen LogP contribution in [0.2, 0.25) is 0 Å². The summed E-state index contributed by atoms with van der Waals surface area (Å²) in [6, 6.07) is 13.2. The molecule has 3 rings (SSSR count). The maximum Gasteiger partial charge on any atom is 0.438 e. The van der Waals surface area contributed by atoms with Crippen LogP contribution in [-0.2, 0) is 20.8 Å². The molecule has 10 heteroatoms. The van der Waals surface area contributed by atoms with E-state index in [1.807, 2.05) is 6.92 Å². The lowest BCUT2D eigenvalue weighted by Gasteiger charge is -2.49. The largest absolute Gasteiger partial charge is 0.438 e. The Bertz CT molecular complexity index is 1190. The van der Waals surface area contributed by atoms with Crippen LogP contribution in [0.1, 0.15) is 45.2 Å². The number of amides is 3. The number of nitrogens with one attached hydrogen (secondary N) is 1. The van der Waals surface area contributed by atoms with E-state index in [4.69, 9.17) is 0 Å². The number of aliphatic hydroxyl groups is 1. The van der Waals surface area contributed by atoms with Crippen molar-refractivity contribution in [2.45, 2.75) is 64.5 Å². The van der Waals surface area contributed by atoms with Gasteiger partial charge in [-0.25, -0.2) is 0 Å². The standard InChI is InChI=1S/C28H32F3N3O4/c1-5-18(2)25-26(37)34(23(17-33(25)20(4)36)22-14-10-7-11-15-22)24(16-21-12-8-6-9-13-21)27(38,28(29,30)31)32-19(3)35/h6-15,17-18,24-25,38H,5,16H2,1-4H3,(H,32,35). The van der Waals surface area contributed by atoms with E-state index in [1.165, 1.54) is 18.0 Å². The molecule has 0 aromatic heterocycles. The molecular formula is C28H32F3N3O4. The Labute approximate surface area is 219 Å². The average Bonchev–Trinajstić information content (AvgIpc) is 2.86. The Hall–Kier alpha value is -3.66. The van der Waals surface area contributed by atoms with Crippen LogP contribution in [0.25, 0.3) is 5.70 Å². The average molecular weight is 532 g/mol. The number of alkyl halides is 3. The SMILES string of the molecule is CCC(C)C1C(=O)N(C(Cc2ccccc2)C(O)(NC(C)=O)C(F)(F)F)C(c2ccccc2)=CN1C(C)=O. The highest BCUT2D eigenvalue weighted by molar-refractivity contribution is 5.97. The van der Waals surface area contributed by atoms with Crippen molar-refractivity contribution in [2.24, 2.45) is 5.92 Å². The van der Waals surface area contributed by atoms with Gasteiger partial charge in [0.05, 0.1) is 11.7 Å². The van der Waals surface area contributed by atoms with Gasteiger partial charge in [-0.2, -0.15) is 13.2 Å². The van der Waals surface area contributed by atoms with E-state index in [9.17, 15) is 32.7 Å². The van der Waals surface area contributed by atoms with E-state index >= 15 is 0 Å². The van der Waals surface area contributed by atoms with Crippen molar-refractivity contribution in [3.8, 4) is 0 Å². The highest BCUT2D eigenvalue weighted by Gasteiger charge is 2.63. The summed E-state index contributed by atoms with van der Waals surface area (Å²) in [5.41, 5.74) is -3.05. The molecule has 1 aliphatic heterocycles. The molecule has 0 fully saturated rings. The van der Waals surface area contributed by atoms with Crippen LogP contribution < -0.4 is 5.32 Å². The van der Waals surface area contributed by atoms with Gasteiger partial charge in [-0.3, -0.25) is 19.3 Å². The van der Waals surface area contributed by atoms with E-state index in [1.54, 1.807) is 72.9 Å². The molecule has 0 aliphatic carbocycles. The minimum Gasteiger partial charge on any atom is -0.362 e. The molecule has 4 atom stereocenters. The predicted molar refractivity (Wildman–Crippen MR) is 136 cm³/mol. The summed E-state index contributed by atoms with van der Waals surface area (Å²) in [5.74, 6) is -2.78. The molecule has 1 aliphatic rings. The van der Waals surface area contributed by atoms with Crippen molar-refractivity contribution in [2.75, 3.05) is 0 Å². The fraction of sp³-hybridized carbons (Fsp3) is 0.393. The fourth-order valence-corrected chi connectivity index (χ4v) is 4.70. The van der Waals surface area contributed by atoms with Gasteiger partial charge in [0, 0.05) is 20.0 Å². The molecule has 0 saturated heterocycles. The molecule has 1 heterocycles. The third-order valence-corrected chi connectivity index (χ3v) is 6.79. The smallest absolute Gasteiger partial charge is 0.362 e. The van der Waals surface area contributed by atoms with Gasteiger partial charge < -0.3 is 15.3 Å². The van der Waals surface area contributed by atoms with E-state index in [-0.39, 0.29) is 5.70 Å². The van der Waals surface area contributed by atoms with E-state index in [0.29, 0.717) is 17.5 Å². The Balaban J connectivity index is 2.36. The minimum absolute atomic E-state index is 0.000638. The second-order valence-corrected chi connectivity index (χ2v) is 9.50. The van der Waals surface area contributed by atoms with Crippen molar-refractivity contribution < 1.29 is 32.7 Å². The Kier molecular flexibility index (Phi) is 8.66. The number of carbonyl (C=O) groups is 3. The summed E-state index contributed by atoms with van der Waals surface area (Å²) >= 11 is 0. The molecule has 0 spiro atoms. The Morgan fingerprint density at radius 2 is 1.58 bits per heavy atom. The third kappa shape index (κ3) is 5.75. The molecule has 0 saturated carbocycles. The number of hydrogen-bond acceptors (Lipinski definition) is 4. The second-order valence-electron chi connectivity index (χ2n) is 9.50. The number of nitrogens with zero attached hydrogens (tertiary/aromatic N) is 2. The predicted octanol–water partition coefficient (Wildman–Crippen LogP) is 4.09. The lowest BCUT2D eigenvalue weighted by atomic mass is 9.88. The Morgan fingerprint density at radius 1 is 1.03 bits per heavy atom. The van der Waals surface area contributed by atoms with E-state index < -0.39 is 54.0 Å². The third-order valence-electron chi connectivity index (χ3n) is 6.79. The van der Waals surface area contributed by atoms with Crippen LogP contribution in [-0.4, -0.2) is 56.6 Å². The summed E-state index contributed by atoms with van der Waals surface area (Å²) < 4.78 is 44.0. The van der Waals surface area contributed by atoms with Gasteiger partial charge in [0.1, 0.15) is 6.04 Å². The summed E-state index contributed by atoms with van der Waals surface area (Å²) in [6.07, 6.45) is -3.98. The van der Waals surface area contributed by atoms with Gasteiger partial charge >= 0.3 is 6.18 Å². The van der Waals surface area contributed by atoms with Crippen LogP contribution in [0.15, 0.2) is 66.9 Å². The zero-order valence-electron chi connectivity index (χ0n) is 21.7. The number of halogens is 3. The molecule has 38 heavy (non-hydrogen) atoms. The maximum atomic E-state index is 14.7. The first-order valence-corrected chi connectivity index (χ1v) is 12.3. The quantitative estimate of drug-likeness (QED) is 0.503. The lowest BCUT2D eigenvalue weighted by molar-refractivity contribution is -0.287. The molecule has 3 amide bonds. The van der Waals surface area contributed by atoms with Gasteiger partial charge in [0.25, 0.3) is 11.6 Å². The van der Waals surface area contributed by atoms with Crippen molar-refractivity contribution in [1.29, 1.82) is 0 Å². The molecule has 2 aromatic carbocycles. The molecule has 4 unspecified atom stereocenters. The normalized spacial score (nSPS) is 19.3. The van der Waals surface area contributed by atoms with E-state index in [0.717, 1.165) is 11.8 Å². The van der Waals surface area contributed by atoms with Crippen LogP contribution in [0, 0.1) is 5.92 Å². The number of rotatable bonds is 8. The fourth-order valence-electron chi connectivity index (χ4n) is 4.70. The summed E-state index contributed by atoms with van der Waals surface area (Å²) in [4.78, 5) is 41.0. The van der Waals surface area contributed by atoms with Crippen molar-refractivity contribution in [1.82, 2.24) is 15.1 Å². The van der Waals surface area contributed by atoms with Gasteiger partial charge in [-0.1, -0.05) is 80.9 Å². The second kappa shape index (κ2) is 11.4. The first-order valence-electron chi connectivity index (χ1n) is 12.3. The minimum atomic E-state index is -5.36. The monoisotopic (exact) mass is 531 g/mol. The van der Waals surface area contributed by atoms with Gasteiger partial charge in [0.2, 0.25) is 11.8 Å². The summed E-state index contributed by atoms with van der Waals surface area (Å²) in [6.45, 7) is 5.68. The van der Waals surface area contributed by atoms with Crippen molar-refractivity contribution >= 4 is 23.4 Å². The number of benzene rings is 2.